The van der Waals surface area contributed by atoms with Crippen molar-refractivity contribution < 1.29 is 19.7 Å². The molecule has 0 saturated carbocycles. The molecule has 10 nitrogen and oxygen atoms in total. The van der Waals surface area contributed by atoms with Gasteiger partial charge in [-0.25, -0.2) is 9.67 Å². The Hall–Kier alpha value is -1.71. The third kappa shape index (κ3) is 2.99. The maximum Gasteiger partial charge on any atom is 0.201 e. The number of aryl methyl sites for hydroxylation is 1. The van der Waals surface area contributed by atoms with Crippen LogP contribution < -0.4 is 0 Å². The Balaban J connectivity index is 2.28. The number of aliphatic hydroxyl groups is 2. The van der Waals surface area contributed by atoms with Gasteiger partial charge in [0, 0.05) is 4.91 Å². The Labute approximate surface area is 120 Å². The van der Waals surface area contributed by atoms with Crippen LogP contribution in [0.4, 0.5) is 0 Å². The summed E-state index contributed by atoms with van der Waals surface area (Å²) in [5, 5.41) is 27.9. The summed E-state index contributed by atoms with van der Waals surface area (Å²) in [6.45, 7) is 5.08. The van der Waals surface area contributed by atoms with Crippen molar-refractivity contribution in [2.24, 2.45) is 5.11 Å². The van der Waals surface area contributed by atoms with Crippen LogP contribution in [0.1, 0.15) is 25.9 Å². The lowest BCUT2D eigenvalue weighted by atomic mass is 10.1. The van der Waals surface area contributed by atoms with Gasteiger partial charge in [0.2, 0.25) is 5.72 Å². The number of aliphatic hydroxyl groups excluding tert-OH is 2. The Morgan fingerprint density at radius 1 is 1.62 bits per heavy atom. The normalized spacial score (nSPS) is 32.4. The van der Waals surface area contributed by atoms with E-state index in [1.165, 1.54) is 11.0 Å². The van der Waals surface area contributed by atoms with Crippen LogP contribution in [0, 0.1) is 6.92 Å². The predicted molar refractivity (Wildman–Crippen MR) is 69.9 cm³/mol. The van der Waals surface area contributed by atoms with Gasteiger partial charge in [0.25, 0.3) is 0 Å². The smallest absolute Gasteiger partial charge is 0.201 e. The van der Waals surface area contributed by atoms with E-state index >= 15 is 0 Å². The SMILES string of the molecule is Cc1ncn([C@@H]2O[C@@](COC(C)C)(N=[N+]=[N-])[C@@H](O)[C@H]2O)n1. The molecule has 2 heterocycles. The summed E-state index contributed by atoms with van der Waals surface area (Å²) in [4.78, 5) is 6.62. The van der Waals surface area contributed by atoms with E-state index in [1.807, 2.05) is 0 Å². The Morgan fingerprint density at radius 3 is 2.86 bits per heavy atom. The summed E-state index contributed by atoms with van der Waals surface area (Å²) in [5.74, 6) is 0.486. The fraction of sp³-hybridized carbons (Fsp3) is 0.818. The number of nitrogens with zero attached hydrogens (tertiary/aromatic N) is 6. The molecular formula is C11H18N6O4. The highest BCUT2D eigenvalue weighted by Crippen LogP contribution is 2.38. The van der Waals surface area contributed by atoms with Crippen LogP contribution in [0.15, 0.2) is 11.4 Å². The minimum atomic E-state index is -1.71. The summed E-state index contributed by atoms with van der Waals surface area (Å²) in [6.07, 6.45) is -2.57. The van der Waals surface area contributed by atoms with Crippen LogP contribution in [0.25, 0.3) is 10.4 Å². The van der Waals surface area contributed by atoms with E-state index in [0.717, 1.165) is 0 Å². The predicted octanol–water partition coefficient (Wildman–Crippen LogP) is 0.269. The maximum absolute atomic E-state index is 10.2. The fourth-order valence-corrected chi connectivity index (χ4v) is 2.06. The minimum Gasteiger partial charge on any atom is -0.387 e. The van der Waals surface area contributed by atoms with Gasteiger partial charge >= 0.3 is 0 Å². The first-order valence-corrected chi connectivity index (χ1v) is 6.49. The zero-order chi connectivity index (χ0) is 15.6. The third-order valence-corrected chi connectivity index (χ3v) is 3.12. The maximum atomic E-state index is 10.2. The van der Waals surface area contributed by atoms with E-state index in [1.54, 1.807) is 20.8 Å². The number of rotatable bonds is 5. The van der Waals surface area contributed by atoms with Crippen LogP contribution in [0.2, 0.25) is 0 Å². The lowest BCUT2D eigenvalue weighted by molar-refractivity contribution is -0.146. The number of hydrogen-bond donors (Lipinski definition) is 2. The zero-order valence-electron chi connectivity index (χ0n) is 12.0. The van der Waals surface area contributed by atoms with Gasteiger partial charge in [-0.2, -0.15) is 5.10 Å². The molecule has 0 aromatic carbocycles. The molecule has 116 valence electrons. The molecule has 1 aromatic heterocycles. The number of aromatic nitrogens is 3. The molecule has 4 atom stereocenters. The van der Waals surface area contributed by atoms with Gasteiger partial charge in [0.15, 0.2) is 6.23 Å². The molecule has 1 aromatic rings. The molecule has 21 heavy (non-hydrogen) atoms. The number of hydrogen-bond acceptors (Lipinski definition) is 7. The zero-order valence-corrected chi connectivity index (χ0v) is 12.0. The van der Waals surface area contributed by atoms with Crippen molar-refractivity contribution in [3.05, 3.63) is 22.6 Å². The highest BCUT2D eigenvalue weighted by molar-refractivity contribution is 5.00. The first-order chi connectivity index (χ1) is 9.89. The van der Waals surface area contributed by atoms with Gasteiger partial charge in [-0.3, -0.25) is 0 Å². The molecular weight excluding hydrogens is 280 g/mol. The lowest BCUT2D eigenvalue weighted by Gasteiger charge is -2.27. The summed E-state index contributed by atoms with van der Waals surface area (Å²) in [7, 11) is 0. The van der Waals surface area contributed by atoms with Crippen LogP contribution in [0.5, 0.6) is 0 Å². The van der Waals surface area contributed by atoms with Crippen LogP contribution in [0.3, 0.4) is 0 Å². The van der Waals surface area contributed by atoms with Crippen LogP contribution in [-0.2, 0) is 9.47 Å². The van der Waals surface area contributed by atoms with Gasteiger partial charge in [0.1, 0.15) is 24.4 Å². The van der Waals surface area contributed by atoms with E-state index < -0.39 is 24.2 Å². The summed E-state index contributed by atoms with van der Waals surface area (Å²) in [6, 6.07) is 0. The molecule has 1 fully saturated rings. The molecule has 0 radical (unpaired) electrons. The van der Waals surface area contributed by atoms with Crippen LogP contribution >= 0.6 is 0 Å². The molecule has 1 aliphatic rings. The monoisotopic (exact) mass is 298 g/mol. The van der Waals surface area contributed by atoms with E-state index in [2.05, 4.69) is 20.1 Å². The average Bonchev–Trinajstić information content (AvgIpc) is 2.95. The third-order valence-electron chi connectivity index (χ3n) is 3.12. The van der Waals surface area contributed by atoms with E-state index in [4.69, 9.17) is 15.0 Å². The molecule has 0 unspecified atom stereocenters. The summed E-state index contributed by atoms with van der Waals surface area (Å²) < 4.78 is 12.2. The fourth-order valence-electron chi connectivity index (χ4n) is 2.06. The molecule has 0 amide bonds. The van der Waals surface area contributed by atoms with E-state index in [-0.39, 0.29) is 12.7 Å². The van der Waals surface area contributed by atoms with Crippen molar-refractivity contribution in [3.63, 3.8) is 0 Å². The number of azide groups is 1. The van der Waals surface area contributed by atoms with Gasteiger partial charge in [0.05, 0.1) is 12.7 Å². The number of ether oxygens (including phenoxy) is 2. The second-order valence-corrected chi connectivity index (χ2v) is 5.11. The molecule has 0 aliphatic carbocycles. The summed E-state index contributed by atoms with van der Waals surface area (Å²) in [5.41, 5.74) is 7.01. The van der Waals surface area contributed by atoms with Crippen molar-refractivity contribution in [3.8, 4) is 0 Å². The van der Waals surface area contributed by atoms with E-state index in [9.17, 15) is 10.2 Å². The van der Waals surface area contributed by atoms with Crippen molar-refractivity contribution in [2.45, 2.75) is 51.0 Å². The van der Waals surface area contributed by atoms with E-state index in [0.29, 0.717) is 5.82 Å². The Kier molecular flexibility index (Phi) is 4.45. The molecule has 2 rings (SSSR count). The quantitative estimate of drug-likeness (QED) is 0.454. The standard InChI is InChI=1S/C11H18N6O4/c1-6(2)20-4-11(15-16-12)9(19)8(18)10(21-11)17-5-13-7(3)14-17/h5-6,8-10,18-19H,4H2,1-3H3/t8-,9+,10-,11-/m1/s1. The molecule has 10 heteroatoms. The Bertz CT molecular complexity index is 543. The largest absolute Gasteiger partial charge is 0.387 e. The average molecular weight is 298 g/mol. The topological polar surface area (TPSA) is 138 Å². The second-order valence-electron chi connectivity index (χ2n) is 5.11. The molecule has 2 N–H and O–H groups in total. The van der Waals surface area contributed by atoms with Crippen molar-refractivity contribution >= 4 is 0 Å². The van der Waals surface area contributed by atoms with Crippen molar-refractivity contribution in [2.75, 3.05) is 6.61 Å². The van der Waals surface area contributed by atoms with Crippen molar-refractivity contribution in [1.82, 2.24) is 14.8 Å². The van der Waals surface area contributed by atoms with Gasteiger partial charge in [-0.1, -0.05) is 5.11 Å². The minimum absolute atomic E-state index is 0.156. The molecule has 1 aliphatic heterocycles. The molecule has 0 bridgehead atoms. The molecule has 0 spiro atoms. The highest BCUT2D eigenvalue weighted by Gasteiger charge is 2.55. The van der Waals surface area contributed by atoms with Crippen molar-refractivity contribution in [1.29, 1.82) is 0 Å². The summed E-state index contributed by atoms with van der Waals surface area (Å²) >= 11 is 0. The highest BCUT2D eigenvalue weighted by atomic mass is 16.6. The first-order valence-electron chi connectivity index (χ1n) is 6.49. The first kappa shape index (κ1) is 15.7. The lowest BCUT2D eigenvalue weighted by Crippen LogP contribution is -2.45. The van der Waals surface area contributed by atoms with Gasteiger partial charge in [-0.05, 0) is 26.3 Å². The second kappa shape index (κ2) is 5.96. The van der Waals surface area contributed by atoms with Gasteiger partial charge < -0.3 is 19.7 Å². The Morgan fingerprint density at radius 2 is 2.33 bits per heavy atom. The van der Waals surface area contributed by atoms with Crippen LogP contribution in [-0.4, -0.2) is 55.6 Å². The molecule has 1 saturated heterocycles. The van der Waals surface area contributed by atoms with Gasteiger partial charge in [-0.15, -0.1) is 0 Å².